The first-order chi connectivity index (χ1) is 4.84. The Bertz CT molecular complexity index is 175. The second-order valence-electron chi connectivity index (χ2n) is 2.10. The van der Waals surface area contributed by atoms with Crippen LogP contribution in [0.15, 0.2) is 0 Å². The number of hydrogen-bond donors (Lipinski definition) is 4. The second-order valence-corrected chi connectivity index (χ2v) is 4.24. The van der Waals surface area contributed by atoms with E-state index in [1.165, 1.54) is 6.92 Å². The number of amides is 1. The summed E-state index contributed by atoms with van der Waals surface area (Å²) in [5, 5.41) is 10.3. The molecule has 0 saturated carbocycles. The van der Waals surface area contributed by atoms with E-state index >= 15 is 0 Å². The van der Waals surface area contributed by atoms with Crippen molar-refractivity contribution >= 4 is 37.1 Å². The molecule has 0 unspecified atom stereocenters. The van der Waals surface area contributed by atoms with E-state index in [9.17, 15) is 9.59 Å². The summed E-state index contributed by atoms with van der Waals surface area (Å²) in [4.78, 5) is 20.8. The molecule has 11 heavy (non-hydrogen) atoms. The van der Waals surface area contributed by atoms with Crippen molar-refractivity contribution in [2.75, 3.05) is 6.54 Å². The van der Waals surface area contributed by atoms with Gasteiger partial charge in [-0.2, -0.15) is 25.3 Å². The molecule has 2 N–H and O–H groups in total. The van der Waals surface area contributed by atoms with Gasteiger partial charge in [0.15, 0.2) is 0 Å². The third-order valence-electron chi connectivity index (χ3n) is 0.830. The number of carboxylic acid groups (broad SMARTS) is 1. The van der Waals surface area contributed by atoms with Crippen molar-refractivity contribution in [3.8, 4) is 0 Å². The van der Waals surface area contributed by atoms with Gasteiger partial charge in [0.05, 0.1) is 0 Å². The van der Waals surface area contributed by atoms with Gasteiger partial charge in [0.2, 0.25) is 5.91 Å². The van der Waals surface area contributed by atoms with Crippen molar-refractivity contribution in [1.29, 1.82) is 0 Å². The highest BCUT2D eigenvalue weighted by Gasteiger charge is 2.23. The highest BCUT2D eigenvalue weighted by atomic mass is 32.2. The number of carbonyl (C=O) groups is 2. The number of carbonyl (C=O) groups excluding carboxylic acids is 1. The highest BCUT2D eigenvalue weighted by molar-refractivity contribution is 8.01. The predicted molar refractivity (Wildman–Crippen MR) is 47.0 cm³/mol. The lowest BCUT2D eigenvalue weighted by Crippen LogP contribution is -2.39. The fourth-order valence-electron chi connectivity index (χ4n) is 0.323. The van der Waals surface area contributed by atoms with Gasteiger partial charge in [-0.3, -0.25) is 9.59 Å². The lowest BCUT2D eigenvalue weighted by molar-refractivity contribution is -0.137. The van der Waals surface area contributed by atoms with E-state index in [1.807, 2.05) is 0 Å². The minimum atomic E-state index is -1.13. The van der Waals surface area contributed by atoms with E-state index in [-0.39, 0.29) is 0 Å². The van der Waals surface area contributed by atoms with Crippen LogP contribution >= 0.6 is 25.3 Å². The summed E-state index contributed by atoms with van der Waals surface area (Å²) >= 11 is 7.62. The highest BCUT2D eigenvalue weighted by Crippen LogP contribution is 2.17. The summed E-state index contributed by atoms with van der Waals surface area (Å²) in [6, 6.07) is 0. The van der Waals surface area contributed by atoms with Gasteiger partial charge >= 0.3 is 5.97 Å². The largest absolute Gasteiger partial charge is 0.480 e. The number of rotatable bonds is 3. The van der Waals surface area contributed by atoms with Crippen LogP contribution in [0.3, 0.4) is 0 Å². The first-order valence-corrected chi connectivity index (χ1v) is 3.68. The quantitative estimate of drug-likeness (QED) is 0.371. The maximum atomic E-state index is 10.8. The summed E-state index contributed by atoms with van der Waals surface area (Å²) in [6.07, 6.45) is 0. The molecule has 0 radical (unpaired) electrons. The van der Waals surface area contributed by atoms with Crippen molar-refractivity contribution in [3.63, 3.8) is 0 Å². The van der Waals surface area contributed by atoms with Crippen LogP contribution in [0.1, 0.15) is 6.92 Å². The third kappa shape index (κ3) is 4.97. The fraction of sp³-hybridized carbons (Fsp3) is 0.600. The van der Waals surface area contributed by atoms with E-state index in [1.54, 1.807) is 0 Å². The van der Waals surface area contributed by atoms with Gasteiger partial charge in [-0.05, 0) is 6.92 Å². The molecular weight excluding hydrogens is 186 g/mol. The van der Waals surface area contributed by atoms with E-state index in [2.05, 4.69) is 30.6 Å². The molecule has 0 aliphatic rings. The molecular formula is C5H9NO3S2. The van der Waals surface area contributed by atoms with Crippen molar-refractivity contribution in [1.82, 2.24) is 5.32 Å². The van der Waals surface area contributed by atoms with Crippen LogP contribution < -0.4 is 5.32 Å². The molecule has 0 saturated heterocycles. The van der Waals surface area contributed by atoms with E-state index in [0.717, 1.165) is 0 Å². The Morgan fingerprint density at radius 1 is 1.55 bits per heavy atom. The Kier molecular flexibility index (Phi) is 3.74. The topological polar surface area (TPSA) is 66.4 Å². The smallest absolute Gasteiger partial charge is 0.322 e. The van der Waals surface area contributed by atoms with Crippen molar-refractivity contribution < 1.29 is 14.7 Å². The standard InChI is InChI=1S/C5H9NO3S2/c1-5(10,11)4(9)6-2-3(7)8/h10-11H,2H2,1H3,(H,6,9)(H,7,8). The van der Waals surface area contributed by atoms with Crippen molar-refractivity contribution in [2.45, 2.75) is 11.0 Å². The lowest BCUT2D eigenvalue weighted by Gasteiger charge is -2.14. The average molecular weight is 195 g/mol. The molecule has 0 aliphatic heterocycles. The van der Waals surface area contributed by atoms with E-state index in [0.29, 0.717) is 0 Å². The van der Waals surface area contributed by atoms with Crippen LogP contribution in [0.25, 0.3) is 0 Å². The van der Waals surface area contributed by atoms with Gasteiger partial charge in [-0.15, -0.1) is 0 Å². The molecule has 0 aromatic carbocycles. The van der Waals surface area contributed by atoms with E-state index < -0.39 is 22.5 Å². The number of carboxylic acids is 1. The van der Waals surface area contributed by atoms with Gasteiger partial charge in [0.25, 0.3) is 0 Å². The molecule has 0 spiro atoms. The van der Waals surface area contributed by atoms with Crippen LogP contribution in [-0.2, 0) is 9.59 Å². The summed E-state index contributed by atoms with van der Waals surface area (Å²) in [7, 11) is 0. The molecule has 0 aromatic rings. The number of thiol groups is 2. The van der Waals surface area contributed by atoms with Gasteiger partial charge in [0, 0.05) is 0 Å². The molecule has 0 aromatic heterocycles. The molecule has 0 rings (SSSR count). The van der Waals surface area contributed by atoms with Crippen molar-refractivity contribution in [2.24, 2.45) is 0 Å². The number of hydrogen-bond acceptors (Lipinski definition) is 4. The summed E-state index contributed by atoms with van der Waals surface area (Å²) in [5.74, 6) is -1.61. The predicted octanol–water partition coefficient (Wildman–Crippen LogP) is -0.237. The number of aliphatic carboxylic acids is 1. The summed E-state index contributed by atoms with van der Waals surface area (Å²) in [6.45, 7) is 1.05. The minimum Gasteiger partial charge on any atom is -0.480 e. The number of nitrogens with one attached hydrogen (secondary N) is 1. The zero-order valence-electron chi connectivity index (χ0n) is 5.87. The Morgan fingerprint density at radius 3 is 2.27 bits per heavy atom. The molecule has 0 aliphatic carbocycles. The average Bonchev–Trinajstić information content (AvgIpc) is 1.80. The summed E-state index contributed by atoms with van der Waals surface area (Å²) in [5.41, 5.74) is 0. The van der Waals surface area contributed by atoms with E-state index in [4.69, 9.17) is 5.11 Å². The van der Waals surface area contributed by atoms with Gasteiger partial charge in [-0.1, -0.05) is 0 Å². The Labute approximate surface area is 75.2 Å². The molecule has 0 fully saturated rings. The molecule has 0 bridgehead atoms. The Morgan fingerprint density at radius 2 is 2.00 bits per heavy atom. The third-order valence-corrected chi connectivity index (χ3v) is 1.24. The minimum absolute atomic E-state index is 0.407. The first kappa shape index (κ1) is 10.6. The monoisotopic (exact) mass is 195 g/mol. The Balaban J connectivity index is 3.80. The zero-order chi connectivity index (χ0) is 9.07. The maximum absolute atomic E-state index is 10.8. The van der Waals surface area contributed by atoms with Gasteiger partial charge in [-0.25, -0.2) is 0 Å². The lowest BCUT2D eigenvalue weighted by atomic mass is 10.4. The van der Waals surface area contributed by atoms with Crippen molar-refractivity contribution in [3.05, 3.63) is 0 Å². The molecule has 4 nitrogen and oxygen atoms in total. The normalized spacial score (nSPS) is 10.8. The summed E-state index contributed by atoms with van der Waals surface area (Å²) < 4.78 is -1.13. The van der Waals surface area contributed by atoms with Crippen LogP contribution in [-0.4, -0.2) is 27.6 Å². The SMILES string of the molecule is CC(S)(S)C(=O)NCC(=O)O. The van der Waals surface area contributed by atoms with Crippen LogP contribution in [0.5, 0.6) is 0 Å². The van der Waals surface area contributed by atoms with Crippen LogP contribution in [0.2, 0.25) is 0 Å². The second kappa shape index (κ2) is 3.87. The molecule has 64 valence electrons. The Hall–Kier alpha value is -0.360. The molecule has 0 heterocycles. The molecule has 0 atom stereocenters. The van der Waals surface area contributed by atoms with Crippen LogP contribution in [0.4, 0.5) is 0 Å². The molecule has 6 heteroatoms. The maximum Gasteiger partial charge on any atom is 0.322 e. The molecule has 1 amide bonds. The first-order valence-electron chi connectivity index (χ1n) is 2.79. The van der Waals surface area contributed by atoms with Crippen LogP contribution in [0, 0.1) is 0 Å². The zero-order valence-corrected chi connectivity index (χ0v) is 7.65. The fourth-order valence-corrected chi connectivity index (χ4v) is 0.481. The van der Waals surface area contributed by atoms with Gasteiger partial charge in [0.1, 0.15) is 10.6 Å². The van der Waals surface area contributed by atoms with Gasteiger partial charge < -0.3 is 10.4 Å².